The van der Waals surface area contributed by atoms with Gasteiger partial charge in [-0.1, -0.05) is 26.0 Å². The van der Waals surface area contributed by atoms with Crippen LogP contribution in [-0.4, -0.2) is 31.2 Å². The monoisotopic (exact) mass is 385 g/mol. The number of nitrogens with zero attached hydrogens (tertiary/aromatic N) is 1. The van der Waals surface area contributed by atoms with E-state index in [-0.39, 0.29) is 11.5 Å². The summed E-state index contributed by atoms with van der Waals surface area (Å²) in [6.07, 6.45) is 1.50. The second-order valence-electron chi connectivity index (χ2n) is 6.67. The first kappa shape index (κ1) is 21.1. The Morgan fingerprint density at radius 2 is 1.82 bits per heavy atom. The number of hydrogen-bond acceptors (Lipinski definition) is 4. The molecule has 0 radical (unpaired) electrons. The highest BCUT2D eigenvalue weighted by atomic mass is 19.1. The van der Waals surface area contributed by atoms with Gasteiger partial charge in [-0.15, -0.1) is 0 Å². The van der Waals surface area contributed by atoms with Gasteiger partial charge in [-0.3, -0.25) is 9.59 Å². The molecule has 0 aliphatic rings. The molecular weight excluding hydrogens is 361 g/mol. The number of halogens is 1. The summed E-state index contributed by atoms with van der Waals surface area (Å²) < 4.78 is 18.3. The number of aryl methyl sites for hydroxylation is 1. The van der Waals surface area contributed by atoms with E-state index in [1.807, 2.05) is 32.9 Å². The van der Waals surface area contributed by atoms with Crippen molar-refractivity contribution in [1.82, 2.24) is 10.7 Å². The van der Waals surface area contributed by atoms with Crippen LogP contribution in [-0.2, 0) is 4.79 Å². The average Bonchev–Trinajstić information content (AvgIpc) is 2.67. The summed E-state index contributed by atoms with van der Waals surface area (Å²) in [5, 5.41) is 6.62. The van der Waals surface area contributed by atoms with E-state index >= 15 is 0 Å². The van der Waals surface area contributed by atoms with Crippen LogP contribution in [0.3, 0.4) is 0 Å². The van der Waals surface area contributed by atoms with Crippen LogP contribution >= 0.6 is 0 Å². The third-order valence-corrected chi connectivity index (χ3v) is 4.16. The Morgan fingerprint density at radius 1 is 1.14 bits per heavy atom. The molecule has 2 aromatic carbocycles. The molecule has 0 spiro atoms. The molecule has 148 valence electrons. The van der Waals surface area contributed by atoms with Crippen molar-refractivity contribution < 1.29 is 18.7 Å². The predicted molar refractivity (Wildman–Crippen MR) is 106 cm³/mol. The number of carbonyl (C=O) groups is 2. The van der Waals surface area contributed by atoms with Gasteiger partial charge in [-0.25, -0.2) is 9.82 Å². The van der Waals surface area contributed by atoms with Gasteiger partial charge in [0.15, 0.2) is 0 Å². The van der Waals surface area contributed by atoms with Gasteiger partial charge in [-0.05, 0) is 54.3 Å². The third-order valence-electron chi connectivity index (χ3n) is 4.16. The SMILES string of the molecule is COc1cc(/C=N/NC(=O)C(NC(=O)c2ccc(F)cc2)C(C)C)ccc1C. The summed E-state index contributed by atoms with van der Waals surface area (Å²) in [6.45, 7) is 5.55. The number of rotatable bonds is 7. The molecule has 6 nitrogen and oxygen atoms in total. The number of methoxy groups -OCH3 is 1. The van der Waals surface area contributed by atoms with Crippen molar-refractivity contribution in [2.24, 2.45) is 11.0 Å². The quantitative estimate of drug-likeness (QED) is 0.568. The average molecular weight is 385 g/mol. The molecule has 2 amide bonds. The minimum absolute atomic E-state index is 0.168. The minimum atomic E-state index is -0.790. The van der Waals surface area contributed by atoms with Gasteiger partial charge in [0.1, 0.15) is 17.6 Å². The second-order valence-corrected chi connectivity index (χ2v) is 6.67. The van der Waals surface area contributed by atoms with Crippen LogP contribution in [0.25, 0.3) is 0 Å². The number of carbonyl (C=O) groups excluding carboxylic acids is 2. The number of nitrogens with one attached hydrogen (secondary N) is 2. The molecule has 2 rings (SSSR count). The van der Waals surface area contributed by atoms with Gasteiger partial charge in [0.2, 0.25) is 0 Å². The standard InChI is InChI=1S/C21H24FN3O3/c1-13(2)19(24-20(26)16-7-9-17(22)10-8-16)21(27)25-23-12-15-6-5-14(3)18(11-15)28-4/h5-13,19H,1-4H3,(H,24,26)(H,25,27)/b23-12+. The number of benzene rings is 2. The number of amides is 2. The Balaban J connectivity index is 2.02. The summed E-state index contributed by atoms with van der Waals surface area (Å²) in [7, 11) is 1.59. The number of hydrogen-bond donors (Lipinski definition) is 2. The van der Waals surface area contributed by atoms with Crippen LogP contribution in [0.2, 0.25) is 0 Å². The van der Waals surface area contributed by atoms with Gasteiger partial charge in [0.25, 0.3) is 11.8 Å². The van der Waals surface area contributed by atoms with E-state index < -0.39 is 23.7 Å². The molecule has 1 atom stereocenters. The highest BCUT2D eigenvalue weighted by molar-refractivity contribution is 5.97. The Hall–Kier alpha value is -3.22. The van der Waals surface area contributed by atoms with Gasteiger partial charge in [0, 0.05) is 5.56 Å². The normalized spacial score (nSPS) is 12.1. The van der Waals surface area contributed by atoms with Crippen molar-refractivity contribution in [3.63, 3.8) is 0 Å². The Labute approximate surface area is 163 Å². The van der Waals surface area contributed by atoms with E-state index in [1.54, 1.807) is 13.2 Å². The fourth-order valence-electron chi connectivity index (χ4n) is 2.52. The summed E-state index contributed by atoms with van der Waals surface area (Å²) >= 11 is 0. The maximum atomic E-state index is 13.0. The molecule has 0 saturated carbocycles. The van der Waals surface area contributed by atoms with Crippen molar-refractivity contribution in [1.29, 1.82) is 0 Å². The molecule has 0 fully saturated rings. The van der Waals surface area contributed by atoms with Gasteiger partial charge in [0.05, 0.1) is 13.3 Å². The third kappa shape index (κ3) is 5.64. The van der Waals surface area contributed by atoms with E-state index in [0.29, 0.717) is 0 Å². The maximum absolute atomic E-state index is 13.0. The Bertz CT molecular complexity index is 864. The first-order chi connectivity index (χ1) is 13.3. The van der Waals surface area contributed by atoms with Crippen LogP contribution in [0.1, 0.15) is 35.3 Å². The van der Waals surface area contributed by atoms with Gasteiger partial charge < -0.3 is 10.1 Å². The fourth-order valence-corrected chi connectivity index (χ4v) is 2.52. The Kier molecular flexibility index (Phi) is 7.26. The molecule has 0 aromatic heterocycles. The van der Waals surface area contributed by atoms with Crippen LogP contribution in [0.15, 0.2) is 47.6 Å². The Morgan fingerprint density at radius 3 is 2.43 bits per heavy atom. The smallest absolute Gasteiger partial charge is 0.262 e. The highest BCUT2D eigenvalue weighted by Crippen LogP contribution is 2.17. The van der Waals surface area contributed by atoms with E-state index in [0.717, 1.165) is 16.9 Å². The van der Waals surface area contributed by atoms with E-state index in [2.05, 4.69) is 15.8 Å². The molecule has 0 aliphatic carbocycles. The van der Waals surface area contributed by atoms with E-state index in [4.69, 9.17) is 4.74 Å². The zero-order chi connectivity index (χ0) is 20.7. The van der Waals surface area contributed by atoms with Crippen molar-refractivity contribution in [3.8, 4) is 5.75 Å². The summed E-state index contributed by atoms with van der Waals surface area (Å²) in [6, 6.07) is 9.87. The highest BCUT2D eigenvalue weighted by Gasteiger charge is 2.24. The predicted octanol–water partition coefficient (Wildman–Crippen LogP) is 3.05. The van der Waals surface area contributed by atoms with Crippen molar-refractivity contribution in [3.05, 3.63) is 65.0 Å². The van der Waals surface area contributed by atoms with E-state index in [9.17, 15) is 14.0 Å². The lowest BCUT2D eigenvalue weighted by Gasteiger charge is -2.20. The van der Waals surface area contributed by atoms with Crippen molar-refractivity contribution >= 4 is 18.0 Å². The molecular formula is C21H24FN3O3. The molecule has 0 saturated heterocycles. The molecule has 0 aliphatic heterocycles. The van der Waals surface area contributed by atoms with Crippen LogP contribution in [0.5, 0.6) is 5.75 Å². The zero-order valence-corrected chi connectivity index (χ0v) is 16.3. The lowest BCUT2D eigenvalue weighted by Crippen LogP contribution is -2.48. The van der Waals surface area contributed by atoms with Crippen LogP contribution in [0.4, 0.5) is 4.39 Å². The van der Waals surface area contributed by atoms with Crippen LogP contribution in [0, 0.1) is 18.7 Å². The minimum Gasteiger partial charge on any atom is -0.496 e. The van der Waals surface area contributed by atoms with Gasteiger partial charge in [-0.2, -0.15) is 5.10 Å². The molecule has 0 bridgehead atoms. The second kappa shape index (κ2) is 9.64. The zero-order valence-electron chi connectivity index (χ0n) is 16.3. The summed E-state index contributed by atoms with van der Waals surface area (Å²) in [4.78, 5) is 24.8. The molecule has 2 N–H and O–H groups in total. The molecule has 28 heavy (non-hydrogen) atoms. The summed E-state index contributed by atoms with van der Waals surface area (Å²) in [5.41, 5.74) is 4.47. The topological polar surface area (TPSA) is 79.8 Å². The fraction of sp³-hybridized carbons (Fsp3) is 0.286. The van der Waals surface area contributed by atoms with Crippen LogP contribution < -0.4 is 15.5 Å². The first-order valence-electron chi connectivity index (χ1n) is 8.85. The van der Waals surface area contributed by atoms with E-state index in [1.165, 1.54) is 30.5 Å². The molecule has 2 aromatic rings. The molecule has 1 unspecified atom stereocenters. The van der Waals surface area contributed by atoms with Gasteiger partial charge >= 0.3 is 0 Å². The van der Waals surface area contributed by atoms with Crippen molar-refractivity contribution in [2.75, 3.05) is 7.11 Å². The largest absolute Gasteiger partial charge is 0.496 e. The first-order valence-corrected chi connectivity index (χ1v) is 8.85. The molecule has 0 heterocycles. The van der Waals surface area contributed by atoms with Crippen molar-refractivity contribution in [2.45, 2.75) is 26.8 Å². The molecule has 7 heteroatoms. The maximum Gasteiger partial charge on any atom is 0.262 e. The summed E-state index contributed by atoms with van der Waals surface area (Å²) in [5.74, 6) is -0.778. The lowest BCUT2D eigenvalue weighted by molar-refractivity contribution is -0.123. The lowest BCUT2D eigenvalue weighted by atomic mass is 10.0. The number of hydrazone groups is 1. The number of ether oxygens (including phenoxy) is 1.